The van der Waals surface area contributed by atoms with Gasteiger partial charge in [0, 0.05) is 20.0 Å². The summed E-state index contributed by atoms with van der Waals surface area (Å²) in [5.74, 6) is 0.959. The third-order valence-electron chi connectivity index (χ3n) is 2.12. The lowest BCUT2D eigenvalue weighted by Gasteiger charge is -2.07. The van der Waals surface area contributed by atoms with Crippen LogP contribution in [0.5, 0.6) is 0 Å². The molecule has 1 amide bonds. The number of amides is 1. The van der Waals surface area contributed by atoms with E-state index in [2.05, 4.69) is 6.92 Å². The predicted molar refractivity (Wildman–Crippen MR) is 40.7 cm³/mol. The zero-order chi connectivity index (χ0) is 7.56. The zero-order valence-corrected chi connectivity index (χ0v) is 6.76. The van der Waals surface area contributed by atoms with Gasteiger partial charge >= 0.3 is 0 Å². The first-order valence-corrected chi connectivity index (χ1v) is 3.98. The molecule has 0 aromatic carbocycles. The van der Waals surface area contributed by atoms with Crippen LogP contribution in [0.25, 0.3) is 0 Å². The van der Waals surface area contributed by atoms with Crippen molar-refractivity contribution in [3.8, 4) is 0 Å². The summed E-state index contributed by atoms with van der Waals surface area (Å²) in [6.07, 6.45) is 3.19. The van der Waals surface area contributed by atoms with Gasteiger partial charge in [-0.2, -0.15) is 0 Å². The van der Waals surface area contributed by atoms with Crippen molar-refractivity contribution in [3.63, 3.8) is 0 Å². The monoisotopic (exact) mass is 141 g/mol. The Hall–Kier alpha value is -0.530. The molecule has 0 radical (unpaired) electrons. The van der Waals surface area contributed by atoms with Crippen molar-refractivity contribution >= 4 is 5.91 Å². The minimum Gasteiger partial charge on any atom is -0.345 e. The standard InChI is InChI=1S/C8H15NO/c1-3-4-7-5-8(10)9(2)6-7/h7H,3-6H2,1-2H3/t7-/m1/s1. The van der Waals surface area contributed by atoms with E-state index in [4.69, 9.17) is 0 Å². The Morgan fingerprint density at radius 2 is 2.40 bits per heavy atom. The molecule has 0 aromatic rings. The van der Waals surface area contributed by atoms with Crippen LogP contribution >= 0.6 is 0 Å². The van der Waals surface area contributed by atoms with Crippen molar-refractivity contribution in [3.05, 3.63) is 0 Å². The van der Waals surface area contributed by atoms with Crippen LogP contribution in [0.4, 0.5) is 0 Å². The maximum absolute atomic E-state index is 11.0. The van der Waals surface area contributed by atoms with Crippen molar-refractivity contribution in [1.29, 1.82) is 0 Å². The van der Waals surface area contributed by atoms with E-state index < -0.39 is 0 Å². The largest absolute Gasteiger partial charge is 0.345 e. The van der Waals surface area contributed by atoms with Crippen LogP contribution in [0.15, 0.2) is 0 Å². The molecule has 0 unspecified atom stereocenters. The molecule has 2 nitrogen and oxygen atoms in total. The number of nitrogens with zero attached hydrogens (tertiary/aromatic N) is 1. The summed E-state index contributed by atoms with van der Waals surface area (Å²) < 4.78 is 0. The maximum atomic E-state index is 11.0. The van der Waals surface area contributed by atoms with Gasteiger partial charge in [-0.05, 0) is 12.3 Å². The molecule has 1 aliphatic heterocycles. The molecule has 10 heavy (non-hydrogen) atoms. The topological polar surface area (TPSA) is 20.3 Å². The summed E-state index contributed by atoms with van der Waals surface area (Å²) in [7, 11) is 1.89. The second-order valence-corrected chi connectivity index (χ2v) is 3.13. The number of likely N-dealkylation sites (tertiary alicyclic amines) is 1. The van der Waals surface area contributed by atoms with Gasteiger partial charge < -0.3 is 4.90 Å². The summed E-state index contributed by atoms with van der Waals surface area (Å²) in [5.41, 5.74) is 0. The molecule has 1 heterocycles. The highest BCUT2D eigenvalue weighted by atomic mass is 16.2. The SMILES string of the molecule is CCC[C@@H]1CC(=O)N(C)C1. The average Bonchev–Trinajstić information content (AvgIpc) is 2.14. The Morgan fingerprint density at radius 3 is 2.80 bits per heavy atom. The maximum Gasteiger partial charge on any atom is 0.222 e. The van der Waals surface area contributed by atoms with Gasteiger partial charge in [0.05, 0.1) is 0 Å². The van der Waals surface area contributed by atoms with E-state index in [1.165, 1.54) is 12.8 Å². The van der Waals surface area contributed by atoms with Crippen LogP contribution in [0.3, 0.4) is 0 Å². The highest BCUT2D eigenvalue weighted by molar-refractivity contribution is 5.78. The van der Waals surface area contributed by atoms with Crippen molar-refractivity contribution in [2.45, 2.75) is 26.2 Å². The molecule has 0 aliphatic carbocycles. The fourth-order valence-corrected chi connectivity index (χ4v) is 1.56. The van der Waals surface area contributed by atoms with Crippen LogP contribution in [0.2, 0.25) is 0 Å². The average molecular weight is 141 g/mol. The van der Waals surface area contributed by atoms with E-state index in [1.807, 2.05) is 11.9 Å². The molecule has 1 fully saturated rings. The summed E-state index contributed by atoms with van der Waals surface area (Å²) in [6.45, 7) is 3.15. The third-order valence-corrected chi connectivity index (χ3v) is 2.12. The Labute approximate surface area is 62.2 Å². The Kier molecular flexibility index (Phi) is 2.30. The van der Waals surface area contributed by atoms with Gasteiger partial charge in [-0.15, -0.1) is 0 Å². The smallest absolute Gasteiger partial charge is 0.222 e. The molecule has 1 aliphatic rings. The summed E-state index contributed by atoms with van der Waals surface area (Å²) >= 11 is 0. The second-order valence-electron chi connectivity index (χ2n) is 3.13. The highest BCUT2D eigenvalue weighted by Crippen LogP contribution is 2.20. The molecule has 58 valence electrons. The number of hydrogen-bond acceptors (Lipinski definition) is 1. The summed E-state index contributed by atoms with van der Waals surface area (Å²) in [5, 5.41) is 0. The van der Waals surface area contributed by atoms with Gasteiger partial charge in [-0.25, -0.2) is 0 Å². The second kappa shape index (κ2) is 3.04. The first kappa shape index (κ1) is 7.58. The van der Waals surface area contributed by atoms with Gasteiger partial charge in [0.2, 0.25) is 5.91 Å². The Morgan fingerprint density at radius 1 is 1.70 bits per heavy atom. The quantitative estimate of drug-likeness (QED) is 0.567. The lowest BCUT2D eigenvalue weighted by molar-refractivity contribution is -0.126. The summed E-state index contributed by atoms with van der Waals surface area (Å²) in [4.78, 5) is 12.8. The van der Waals surface area contributed by atoms with Crippen LogP contribution in [0, 0.1) is 5.92 Å². The zero-order valence-electron chi connectivity index (χ0n) is 6.76. The molecule has 0 bridgehead atoms. The number of hydrogen-bond donors (Lipinski definition) is 0. The van der Waals surface area contributed by atoms with E-state index >= 15 is 0 Å². The van der Waals surface area contributed by atoms with Crippen LogP contribution in [0.1, 0.15) is 26.2 Å². The molecular formula is C8H15NO. The molecule has 0 spiro atoms. The summed E-state index contributed by atoms with van der Waals surface area (Å²) in [6, 6.07) is 0. The molecular weight excluding hydrogens is 126 g/mol. The van der Waals surface area contributed by atoms with Gasteiger partial charge in [0.25, 0.3) is 0 Å². The molecule has 1 saturated heterocycles. The number of rotatable bonds is 2. The van der Waals surface area contributed by atoms with Gasteiger partial charge in [0.1, 0.15) is 0 Å². The highest BCUT2D eigenvalue weighted by Gasteiger charge is 2.25. The number of carbonyl (C=O) groups is 1. The van der Waals surface area contributed by atoms with E-state index in [1.54, 1.807) is 0 Å². The first-order valence-electron chi connectivity index (χ1n) is 3.98. The van der Waals surface area contributed by atoms with Crippen LogP contribution < -0.4 is 0 Å². The molecule has 0 saturated carbocycles. The molecule has 0 aromatic heterocycles. The van der Waals surface area contributed by atoms with E-state index in [-0.39, 0.29) is 0 Å². The van der Waals surface area contributed by atoms with Crippen molar-refractivity contribution in [2.75, 3.05) is 13.6 Å². The van der Waals surface area contributed by atoms with E-state index in [9.17, 15) is 4.79 Å². The predicted octanol–water partition coefficient (Wildman–Crippen LogP) is 1.26. The molecule has 1 atom stereocenters. The van der Waals surface area contributed by atoms with Crippen molar-refractivity contribution < 1.29 is 4.79 Å². The minimum atomic E-state index is 0.318. The van der Waals surface area contributed by atoms with Crippen molar-refractivity contribution in [1.82, 2.24) is 4.90 Å². The third kappa shape index (κ3) is 1.49. The molecule has 2 heteroatoms. The van der Waals surface area contributed by atoms with Crippen molar-refractivity contribution in [2.24, 2.45) is 5.92 Å². The Bertz CT molecular complexity index is 133. The van der Waals surface area contributed by atoms with Crippen LogP contribution in [-0.2, 0) is 4.79 Å². The van der Waals surface area contributed by atoms with Gasteiger partial charge in [0.15, 0.2) is 0 Å². The van der Waals surface area contributed by atoms with Gasteiger partial charge in [-0.1, -0.05) is 13.3 Å². The Balaban J connectivity index is 2.34. The molecule has 1 rings (SSSR count). The van der Waals surface area contributed by atoms with E-state index in [0.29, 0.717) is 11.8 Å². The normalized spacial score (nSPS) is 26.0. The number of carbonyl (C=O) groups excluding carboxylic acids is 1. The first-order chi connectivity index (χ1) is 4.74. The minimum absolute atomic E-state index is 0.318. The fraction of sp³-hybridized carbons (Fsp3) is 0.875. The van der Waals surface area contributed by atoms with Gasteiger partial charge in [-0.3, -0.25) is 4.79 Å². The fourth-order valence-electron chi connectivity index (χ4n) is 1.56. The molecule has 0 N–H and O–H groups in total. The van der Waals surface area contributed by atoms with Crippen LogP contribution in [-0.4, -0.2) is 24.4 Å². The lowest BCUT2D eigenvalue weighted by atomic mass is 10.0. The lowest BCUT2D eigenvalue weighted by Crippen LogP contribution is -2.18. The van der Waals surface area contributed by atoms with E-state index in [0.717, 1.165) is 13.0 Å².